The second-order valence-electron chi connectivity index (χ2n) is 5.86. The van der Waals surface area contributed by atoms with Gasteiger partial charge in [-0.25, -0.2) is 0 Å². The number of aryl methyl sites for hydroxylation is 2. The molecule has 0 spiro atoms. The average molecular weight is 288 g/mol. The number of piperidine rings is 1. The molecular weight excluding hydrogens is 264 g/mol. The van der Waals surface area contributed by atoms with E-state index in [1.54, 1.807) is 7.05 Å². The summed E-state index contributed by atoms with van der Waals surface area (Å²) in [6, 6.07) is 6.18. The molecule has 0 bridgehead atoms. The standard InChI is InChI=1S/C17H24N2O2/c1-12-4-5-14(10-13(12)2)11-16(20)19-8-6-15(7-9-19)17(21)18-3/h4-5,10,15H,6-9,11H2,1-3H3,(H,18,21). The van der Waals surface area contributed by atoms with Crippen LogP contribution in [0.5, 0.6) is 0 Å². The third kappa shape index (κ3) is 3.84. The van der Waals surface area contributed by atoms with Crippen molar-refractivity contribution in [3.8, 4) is 0 Å². The Bertz CT molecular complexity index is 532. The molecule has 1 N–H and O–H groups in total. The van der Waals surface area contributed by atoms with E-state index in [0.717, 1.165) is 18.4 Å². The van der Waals surface area contributed by atoms with Crippen molar-refractivity contribution in [3.63, 3.8) is 0 Å². The Morgan fingerprint density at radius 1 is 1.19 bits per heavy atom. The van der Waals surface area contributed by atoms with Gasteiger partial charge >= 0.3 is 0 Å². The van der Waals surface area contributed by atoms with E-state index in [2.05, 4.69) is 31.3 Å². The third-order valence-electron chi connectivity index (χ3n) is 4.39. The highest BCUT2D eigenvalue weighted by atomic mass is 16.2. The number of likely N-dealkylation sites (tertiary alicyclic amines) is 1. The molecule has 0 aliphatic carbocycles. The summed E-state index contributed by atoms with van der Waals surface area (Å²) < 4.78 is 0. The predicted octanol–water partition coefficient (Wildman–Crippen LogP) is 1.83. The van der Waals surface area contributed by atoms with E-state index in [0.29, 0.717) is 19.5 Å². The molecule has 21 heavy (non-hydrogen) atoms. The molecule has 1 saturated heterocycles. The Morgan fingerprint density at radius 3 is 2.43 bits per heavy atom. The lowest BCUT2D eigenvalue weighted by atomic mass is 9.95. The summed E-state index contributed by atoms with van der Waals surface area (Å²) in [5.74, 6) is 0.311. The van der Waals surface area contributed by atoms with Crippen LogP contribution >= 0.6 is 0 Å². The number of carbonyl (C=O) groups excluding carboxylic acids is 2. The summed E-state index contributed by atoms with van der Waals surface area (Å²) in [7, 11) is 1.67. The van der Waals surface area contributed by atoms with Crippen molar-refractivity contribution in [2.24, 2.45) is 5.92 Å². The zero-order valence-corrected chi connectivity index (χ0v) is 13.1. The topological polar surface area (TPSA) is 49.4 Å². The number of nitrogens with zero attached hydrogens (tertiary/aromatic N) is 1. The van der Waals surface area contributed by atoms with Gasteiger partial charge in [0.15, 0.2) is 0 Å². The monoisotopic (exact) mass is 288 g/mol. The lowest BCUT2D eigenvalue weighted by molar-refractivity contribution is -0.134. The van der Waals surface area contributed by atoms with Gasteiger partial charge in [-0.15, -0.1) is 0 Å². The lowest BCUT2D eigenvalue weighted by Gasteiger charge is -2.31. The molecule has 1 aromatic rings. The number of nitrogens with one attached hydrogen (secondary N) is 1. The van der Waals surface area contributed by atoms with Gasteiger partial charge in [0.05, 0.1) is 6.42 Å². The fourth-order valence-corrected chi connectivity index (χ4v) is 2.80. The molecule has 1 fully saturated rings. The maximum Gasteiger partial charge on any atom is 0.226 e. The van der Waals surface area contributed by atoms with Crippen LogP contribution in [0, 0.1) is 19.8 Å². The van der Waals surface area contributed by atoms with E-state index in [4.69, 9.17) is 0 Å². The SMILES string of the molecule is CNC(=O)C1CCN(C(=O)Cc2ccc(C)c(C)c2)CC1. The van der Waals surface area contributed by atoms with Crippen molar-refractivity contribution in [1.82, 2.24) is 10.2 Å². The van der Waals surface area contributed by atoms with E-state index >= 15 is 0 Å². The molecule has 4 nitrogen and oxygen atoms in total. The fourth-order valence-electron chi connectivity index (χ4n) is 2.80. The molecule has 1 aromatic carbocycles. The Labute approximate surface area is 126 Å². The van der Waals surface area contributed by atoms with E-state index in [1.165, 1.54) is 11.1 Å². The second kappa shape index (κ2) is 6.74. The van der Waals surface area contributed by atoms with Gasteiger partial charge < -0.3 is 10.2 Å². The molecule has 4 heteroatoms. The smallest absolute Gasteiger partial charge is 0.226 e. The highest BCUT2D eigenvalue weighted by molar-refractivity contribution is 5.81. The van der Waals surface area contributed by atoms with Gasteiger partial charge in [-0.05, 0) is 43.4 Å². The zero-order chi connectivity index (χ0) is 15.4. The Balaban J connectivity index is 1.90. The first-order valence-electron chi connectivity index (χ1n) is 7.56. The van der Waals surface area contributed by atoms with Crippen LogP contribution in [-0.4, -0.2) is 36.9 Å². The highest BCUT2D eigenvalue weighted by Crippen LogP contribution is 2.18. The number of amides is 2. The third-order valence-corrected chi connectivity index (χ3v) is 4.39. The van der Waals surface area contributed by atoms with Gasteiger partial charge in [0.25, 0.3) is 0 Å². The maximum absolute atomic E-state index is 12.3. The Kier molecular flexibility index (Phi) is 4.99. The summed E-state index contributed by atoms with van der Waals surface area (Å²) >= 11 is 0. The molecule has 0 atom stereocenters. The first kappa shape index (κ1) is 15.5. The first-order chi connectivity index (χ1) is 10.0. The summed E-state index contributed by atoms with van der Waals surface area (Å²) in [5.41, 5.74) is 3.53. The van der Waals surface area contributed by atoms with Crippen molar-refractivity contribution in [2.45, 2.75) is 33.1 Å². The van der Waals surface area contributed by atoms with Crippen molar-refractivity contribution in [3.05, 3.63) is 34.9 Å². The zero-order valence-electron chi connectivity index (χ0n) is 13.1. The molecule has 1 aliphatic heterocycles. The molecule has 114 valence electrons. The van der Waals surface area contributed by atoms with Crippen molar-refractivity contribution < 1.29 is 9.59 Å². The first-order valence-corrected chi connectivity index (χ1v) is 7.56. The van der Waals surface area contributed by atoms with Crippen LogP contribution in [0.1, 0.15) is 29.5 Å². The van der Waals surface area contributed by atoms with Crippen molar-refractivity contribution in [2.75, 3.05) is 20.1 Å². The molecule has 1 aliphatic rings. The minimum absolute atomic E-state index is 0.0562. The maximum atomic E-state index is 12.3. The summed E-state index contributed by atoms with van der Waals surface area (Å²) in [6.07, 6.45) is 1.97. The summed E-state index contributed by atoms with van der Waals surface area (Å²) in [5, 5.41) is 2.69. The number of hydrogen-bond acceptors (Lipinski definition) is 2. The average Bonchev–Trinajstić information content (AvgIpc) is 2.50. The van der Waals surface area contributed by atoms with Gasteiger partial charge in [-0.2, -0.15) is 0 Å². The van der Waals surface area contributed by atoms with Crippen LogP contribution in [0.15, 0.2) is 18.2 Å². The Morgan fingerprint density at radius 2 is 1.86 bits per heavy atom. The van der Waals surface area contributed by atoms with E-state index in [9.17, 15) is 9.59 Å². The number of hydrogen-bond donors (Lipinski definition) is 1. The molecule has 0 saturated carbocycles. The Hall–Kier alpha value is -1.84. The quantitative estimate of drug-likeness (QED) is 0.922. The van der Waals surface area contributed by atoms with Crippen LogP contribution < -0.4 is 5.32 Å². The van der Waals surface area contributed by atoms with E-state index < -0.39 is 0 Å². The minimum Gasteiger partial charge on any atom is -0.359 e. The molecule has 0 aromatic heterocycles. The number of rotatable bonds is 3. The second-order valence-corrected chi connectivity index (χ2v) is 5.86. The van der Waals surface area contributed by atoms with Crippen LogP contribution in [0.2, 0.25) is 0 Å². The molecule has 1 heterocycles. The van der Waals surface area contributed by atoms with Gasteiger partial charge in [0, 0.05) is 26.1 Å². The molecule has 0 radical (unpaired) electrons. The van der Waals surface area contributed by atoms with Gasteiger partial charge in [0.1, 0.15) is 0 Å². The van der Waals surface area contributed by atoms with E-state index in [1.807, 2.05) is 11.0 Å². The minimum atomic E-state index is 0.0562. The highest BCUT2D eigenvalue weighted by Gasteiger charge is 2.26. The predicted molar refractivity (Wildman–Crippen MR) is 83.0 cm³/mol. The van der Waals surface area contributed by atoms with Crippen LogP contribution in [0.25, 0.3) is 0 Å². The van der Waals surface area contributed by atoms with Gasteiger partial charge in [-0.1, -0.05) is 18.2 Å². The number of benzene rings is 1. The normalized spacial score (nSPS) is 15.9. The van der Waals surface area contributed by atoms with Gasteiger partial charge in [-0.3, -0.25) is 9.59 Å². The van der Waals surface area contributed by atoms with Crippen molar-refractivity contribution in [1.29, 1.82) is 0 Å². The van der Waals surface area contributed by atoms with Crippen LogP contribution in [0.3, 0.4) is 0 Å². The van der Waals surface area contributed by atoms with Crippen molar-refractivity contribution >= 4 is 11.8 Å². The van der Waals surface area contributed by atoms with Crippen LogP contribution in [0.4, 0.5) is 0 Å². The van der Waals surface area contributed by atoms with Gasteiger partial charge in [0.2, 0.25) is 11.8 Å². The fraction of sp³-hybridized carbons (Fsp3) is 0.529. The molecular formula is C17H24N2O2. The summed E-state index contributed by atoms with van der Waals surface area (Å²) in [6.45, 7) is 5.51. The largest absolute Gasteiger partial charge is 0.359 e. The number of carbonyl (C=O) groups is 2. The molecule has 2 rings (SSSR count). The van der Waals surface area contributed by atoms with E-state index in [-0.39, 0.29) is 17.7 Å². The molecule has 2 amide bonds. The summed E-state index contributed by atoms with van der Waals surface area (Å²) in [4.78, 5) is 25.8. The molecule has 0 unspecified atom stereocenters. The lowest BCUT2D eigenvalue weighted by Crippen LogP contribution is -2.42. The van der Waals surface area contributed by atoms with Crippen LogP contribution in [-0.2, 0) is 16.0 Å².